The lowest BCUT2D eigenvalue weighted by Crippen LogP contribution is -2.20. The second-order valence-electron chi connectivity index (χ2n) is 5.99. The Morgan fingerprint density at radius 1 is 0.778 bits per heavy atom. The summed E-state index contributed by atoms with van der Waals surface area (Å²) in [5.41, 5.74) is 3.16. The van der Waals surface area contributed by atoms with Crippen LogP contribution < -0.4 is 15.4 Å². The Hall–Kier alpha value is -3.60. The number of ether oxygens (including phenoxy) is 1. The van der Waals surface area contributed by atoms with Gasteiger partial charge in [-0.25, -0.2) is 0 Å². The van der Waals surface area contributed by atoms with Crippen molar-refractivity contribution in [2.45, 2.75) is 6.92 Å². The van der Waals surface area contributed by atoms with Gasteiger partial charge in [0.05, 0.1) is 0 Å². The van der Waals surface area contributed by atoms with Crippen molar-refractivity contribution < 1.29 is 14.3 Å². The number of rotatable bonds is 7. The smallest absolute Gasteiger partial charge is 0.262 e. The highest BCUT2D eigenvalue weighted by Gasteiger charge is 2.05. The van der Waals surface area contributed by atoms with Gasteiger partial charge in [0.2, 0.25) is 0 Å². The van der Waals surface area contributed by atoms with Crippen LogP contribution in [-0.4, -0.2) is 18.3 Å². The molecule has 27 heavy (non-hydrogen) atoms. The van der Waals surface area contributed by atoms with E-state index in [4.69, 9.17) is 4.74 Å². The first-order valence-corrected chi connectivity index (χ1v) is 8.56. The molecule has 5 heteroatoms. The summed E-state index contributed by atoms with van der Waals surface area (Å²) < 4.78 is 5.51. The zero-order valence-corrected chi connectivity index (χ0v) is 14.9. The van der Waals surface area contributed by atoms with E-state index in [2.05, 4.69) is 10.6 Å². The Morgan fingerprint density at radius 3 is 2.00 bits per heavy atom. The predicted octanol–water partition coefficient (Wildman–Crippen LogP) is 4.65. The summed E-state index contributed by atoms with van der Waals surface area (Å²) in [7, 11) is 0. The molecule has 0 aliphatic heterocycles. The fourth-order valence-electron chi connectivity index (χ4n) is 2.46. The molecule has 0 saturated heterocycles. The molecule has 3 aromatic carbocycles. The lowest BCUT2D eigenvalue weighted by atomic mass is 10.1. The maximum absolute atomic E-state index is 12.0. The quantitative estimate of drug-likeness (QED) is 0.602. The van der Waals surface area contributed by atoms with E-state index >= 15 is 0 Å². The summed E-state index contributed by atoms with van der Waals surface area (Å²) in [5.74, 6) is 0.328. The van der Waals surface area contributed by atoms with E-state index in [1.807, 2.05) is 42.5 Å². The van der Waals surface area contributed by atoms with Crippen molar-refractivity contribution in [3.05, 3.63) is 84.4 Å². The van der Waals surface area contributed by atoms with Crippen molar-refractivity contribution in [3.8, 4) is 5.75 Å². The van der Waals surface area contributed by atoms with Crippen molar-refractivity contribution in [3.63, 3.8) is 0 Å². The third kappa shape index (κ3) is 5.44. The monoisotopic (exact) mass is 360 g/mol. The van der Waals surface area contributed by atoms with Gasteiger partial charge in [-0.3, -0.25) is 9.59 Å². The summed E-state index contributed by atoms with van der Waals surface area (Å²) in [6.07, 6.45) is 0. The number of Topliss-reactive ketones (excluding diaryl/α,β-unsaturated/α-hetero) is 1. The highest BCUT2D eigenvalue weighted by Crippen LogP contribution is 2.20. The average Bonchev–Trinajstić information content (AvgIpc) is 2.69. The van der Waals surface area contributed by atoms with Gasteiger partial charge in [0.1, 0.15) is 5.75 Å². The normalized spacial score (nSPS) is 10.1. The number of hydrogen-bond donors (Lipinski definition) is 2. The van der Waals surface area contributed by atoms with Crippen LogP contribution in [0, 0.1) is 0 Å². The number of amides is 1. The summed E-state index contributed by atoms with van der Waals surface area (Å²) in [6, 6.07) is 24.0. The topological polar surface area (TPSA) is 67.4 Å². The molecular formula is C22H20N2O3. The number of carbonyl (C=O) groups excluding carboxylic acids is 2. The molecule has 0 fully saturated rings. The molecule has 0 spiro atoms. The van der Waals surface area contributed by atoms with Crippen molar-refractivity contribution in [2.24, 2.45) is 0 Å². The highest BCUT2D eigenvalue weighted by atomic mass is 16.5. The van der Waals surface area contributed by atoms with E-state index in [1.54, 1.807) is 36.4 Å². The van der Waals surface area contributed by atoms with E-state index in [1.165, 1.54) is 6.92 Å². The fraction of sp³-hybridized carbons (Fsp3) is 0.0909. The lowest BCUT2D eigenvalue weighted by molar-refractivity contribution is -0.118. The van der Waals surface area contributed by atoms with Gasteiger partial charge in [0.25, 0.3) is 5.91 Å². The van der Waals surface area contributed by atoms with E-state index in [0.29, 0.717) is 17.0 Å². The molecule has 5 nitrogen and oxygen atoms in total. The fourth-order valence-corrected chi connectivity index (χ4v) is 2.46. The first-order chi connectivity index (χ1) is 13.1. The zero-order chi connectivity index (χ0) is 19.1. The van der Waals surface area contributed by atoms with Gasteiger partial charge in [0.15, 0.2) is 12.4 Å². The maximum Gasteiger partial charge on any atom is 0.262 e. The van der Waals surface area contributed by atoms with Crippen LogP contribution in [0.2, 0.25) is 0 Å². The van der Waals surface area contributed by atoms with Crippen LogP contribution in [0.3, 0.4) is 0 Å². The van der Waals surface area contributed by atoms with Crippen LogP contribution in [0.1, 0.15) is 17.3 Å². The van der Waals surface area contributed by atoms with Crippen LogP contribution >= 0.6 is 0 Å². The molecule has 136 valence electrons. The molecule has 1 amide bonds. The van der Waals surface area contributed by atoms with Crippen molar-refractivity contribution >= 4 is 28.8 Å². The number of nitrogens with one attached hydrogen (secondary N) is 2. The molecular weight excluding hydrogens is 340 g/mol. The predicted molar refractivity (Wildman–Crippen MR) is 107 cm³/mol. The SMILES string of the molecule is CC(=O)c1ccc(NC(=O)COc2ccc(Nc3ccccc3)cc2)cc1. The Morgan fingerprint density at radius 2 is 1.37 bits per heavy atom. The Bertz CT molecular complexity index is 905. The van der Waals surface area contributed by atoms with Gasteiger partial charge in [-0.1, -0.05) is 18.2 Å². The molecule has 2 N–H and O–H groups in total. The second-order valence-corrected chi connectivity index (χ2v) is 5.99. The first kappa shape index (κ1) is 18.2. The van der Waals surface area contributed by atoms with Crippen molar-refractivity contribution in [1.82, 2.24) is 0 Å². The molecule has 0 unspecified atom stereocenters. The summed E-state index contributed by atoms with van der Waals surface area (Å²) >= 11 is 0. The Labute approximate surface area is 158 Å². The third-order valence-corrected chi connectivity index (χ3v) is 3.86. The second kappa shape index (κ2) is 8.67. The minimum absolute atomic E-state index is 0.0126. The molecule has 0 aliphatic carbocycles. The average molecular weight is 360 g/mol. The standard InChI is InChI=1S/C22H20N2O3/c1-16(25)17-7-9-20(10-8-17)24-22(26)15-27-21-13-11-19(12-14-21)23-18-5-3-2-4-6-18/h2-14,23H,15H2,1H3,(H,24,26). The van der Waals surface area contributed by atoms with E-state index < -0.39 is 0 Å². The van der Waals surface area contributed by atoms with Gasteiger partial charge >= 0.3 is 0 Å². The highest BCUT2D eigenvalue weighted by molar-refractivity contribution is 5.95. The molecule has 0 aromatic heterocycles. The van der Waals surface area contributed by atoms with Crippen LogP contribution in [0.15, 0.2) is 78.9 Å². The van der Waals surface area contributed by atoms with Gasteiger partial charge in [-0.15, -0.1) is 0 Å². The third-order valence-electron chi connectivity index (χ3n) is 3.86. The number of anilines is 3. The zero-order valence-electron chi connectivity index (χ0n) is 14.9. The van der Waals surface area contributed by atoms with Crippen LogP contribution in [0.4, 0.5) is 17.1 Å². The molecule has 3 aromatic rings. The number of para-hydroxylation sites is 1. The molecule has 0 aliphatic rings. The van der Waals surface area contributed by atoms with E-state index in [0.717, 1.165) is 11.4 Å². The maximum atomic E-state index is 12.0. The molecule has 0 heterocycles. The van der Waals surface area contributed by atoms with Gasteiger partial charge in [0, 0.05) is 22.6 Å². The molecule has 3 rings (SSSR count). The number of carbonyl (C=O) groups is 2. The molecule has 0 radical (unpaired) electrons. The van der Waals surface area contributed by atoms with Crippen LogP contribution in [0.25, 0.3) is 0 Å². The van der Waals surface area contributed by atoms with E-state index in [-0.39, 0.29) is 18.3 Å². The minimum atomic E-state index is -0.267. The summed E-state index contributed by atoms with van der Waals surface area (Å²) in [4.78, 5) is 23.3. The lowest BCUT2D eigenvalue weighted by Gasteiger charge is -2.10. The number of ketones is 1. The summed E-state index contributed by atoms with van der Waals surface area (Å²) in [6.45, 7) is 1.40. The Balaban J connectivity index is 1.49. The molecule has 0 saturated carbocycles. The Kier molecular flexibility index (Phi) is 5.84. The first-order valence-electron chi connectivity index (χ1n) is 8.56. The summed E-state index contributed by atoms with van der Waals surface area (Å²) in [5, 5.41) is 6.02. The number of benzene rings is 3. The van der Waals surface area contributed by atoms with Crippen molar-refractivity contribution in [1.29, 1.82) is 0 Å². The van der Waals surface area contributed by atoms with Gasteiger partial charge < -0.3 is 15.4 Å². The largest absolute Gasteiger partial charge is 0.484 e. The molecule has 0 bridgehead atoms. The van der Waals surface area contributed by atoms with Crippen LogP contribution in [0.5, 0.6) is 5.75 Å². The minimum Gasteiger partial charge on any atom is -0.484 e. The van der Waals surface area contributed by atoms with E-state index in [9.17, 15) is 9.59 Å². The number of hydrogen-bond acceptors (Lipinski definition) is 4. The van der Waals surface area contributed by atoms with Crippen molar-refractivity contribution in [2.75, 3.05) is 17.2 Å². The van der Waals surface area contributed by atoms with Crippen LogP contribution in [-0.2, 0) is 4.79 Å². The van der Waals surface area contributed by atoms with Gasteiger partial charge in [-0.05, 0) is 67.6 Å². The molecule has 0 atom stereocenters. The van der Waals surface area contributed by atoms with Gasteiger partial charge in [-0.2, -0.15) is 0 Å².